The molecule has 1 fully saturated rings. The van der Waals surface area contributed by atoms with Crippen molar-refractivity contribution < 1.29 is 19.1 Å². The van der Waals surface area contributed by atoms with Crippen LogP contribution in [0, 0.1) is 12.8 Å². The molecule has 0 spiro atoms. The van der Waals surface area contributed by atoms with Gasteiger partial charge in [-0.1, -0.05) is 29.8 Å². The van der Waals surface area contributed by atoms with Crippen LogP contribution in [0.3, 0.4) is 0 Å². The fraction of sp³-hybridized carbons (Fsp3) is 0.556. The van der Waals surface area contributed by atoms with Crippen molar-refractivity contribution in [3.63, 3.8) is 0 Å². The van der Waals surface area contributed by atoms with Crippen LogP contribution in [0.5, 0.6) is 0 Å². The SMILES string of the molecule is COCCNC(=O)[C@@H]1CC(=O)N(CCOC)[C@H]1c1cccc(C)c1. The van der Waals surface area contributed by atoms with Gasteiger partial charge in [-0.05, 0) is 12.5 Å². The first-order valence-corrected chi connectivity index (χ1v) is 8.20. The fourth-order valence-corrected chi connectivity index (χ4v) is 3.15. The Morgan fingerprint density at radius 1 is 1.29 bits per heavy atom. The van der Waals surface area contributed by atoms with Crippen molar-refractivity contribution in [3.8, 4) is 0 Å². The van der Waals surface area contributed by atoms with E-state index in [1.54, 1.807) is 19.1 Å². The van der Waals surface area contributed by atoms with Gasteiger partial charge in [-0.15, -0.1) is 0 Å². The second kappa shape index (κ2) is 8.80. The molecule has 0 bridgehead atoms. The van der Waals surface area contributed by atoms with Gasteiger partial charge in [-0.2, -0.15) is 0 Å². The summed E-state index contributed by atoms with van der Waals surface area (Å²) in [5, 5.41) is 2.86. The molecule has 1 heterocycles. The highest BCUT2D eigenvalue weighted by molar-refractivity contribution is 5.90. The van der Waals surface area contributed by atoms with Gasteiger partial charge in [0.15, 0.2) is 0 Å². The molecule has 1 aromatic carbocycles. The lowest BCUT2D eigenvalue weighted by atomic mass is 9.92. The van der Waals surface area contributed by atoms with Crippen LogP contribution in [0.4, 0.5) is 0 Å². The quantitative estimate of drug-likeness (QED) is 0.728. The summed E-state index contributed by atoms with van der Waals surface area (Å²) in [4.78, 5) is 26.8. The molecule has 0 radical (unpaired) electrons. The number of carbonyl (C=O) groups is 2. The van der Waals surface area contributed by atoms with Crippen LogP contribution in [-0.2, 0) is 19.1 Å². The molecule has 132 valence electrons. The molecule has 2 amide bonds. The monoisotopic (exact) mass is 334 g/mol. The van der Waals surface area contributed by atoms with E-state index in [2.05, 4.69) is 5.32 Å². The first kappa shape index (κ1) is 18.4. The van der Waals surface area contributed by atoms with E-state index in [0.717, 1.165) is 11.1 Å². The van der Waals surface area contributed by atoms with E-state index < -0.39 is 5.92 Å². The van der Waals surface area contributed by atoms with Crippen LogP contribution in [0.1, 0.15) is 23.6 Å². The Morgan fingerprint density at radius 3 is 2.71 bits per heavy atom. The van der Waals surface area contributed by atoms with Gasteiger partial charge in [-0.3, -0.25) is 9.59 Å². The standard InChI is InChI=1S/C18H26N2O4/c1-13-5-4-6-14(11-13)17-15(18(22)19-7-9-23-2)12-16(21)20(17)8-10-24-3/h4-6,11,15,17H,7-10,12H2,1-3H3,(H,19,22)/t15-,17+/m1/s1. The number of amides is 2. The predicted molar refractivity (Wildman–Crippen MR) is 90.5 cm³/mol. The second-order valence-corrected chi connectivity index (χ2v) is 6.03. The smallest absolute Gasteiger partial charge is 0.226 e. The van der Waals surface area contributed by atoms with Gasteiger partial charge in [0.05, 0.1) is 25.2 Å². The molecule has 2 atom stereocenters. The molecule has 1 aliphatic heterocycles. The number of nitrogens with one attached hydrogen (secondary N) is 1. The van der Waals surface area contributed by atoms with Gasteiger partial charge in [0.1, 0.15) is 0 Å². The predicted octanol–water partition coefficient (Wildman–Crippen LogP) is 1.29. The number of ether oxygens (including phenoxy) is 2. The highest BCUT2D eigenvalue weighted by Crippen LogP contribution is 2.38. The maximum absolute atomic E-state index is 12.6. The van der Waals surface area contributed by atoms with Crippen molar-refractivity contribution in [1.82, 2.24) is 10.2 Å². The Hall–Kier alpha value is -1.92. The minimum absolute atomic E-state index is 0.00884. The maximum Gasteiger partial charge on any atom is 0.226 e. The molecule has 0 saturated carbocycles. The lowest BCUT2D eigenvalue weighted by molar-refractivity contribution is -0.129. The first-order valence-electron chi connectivity index (χ1n) is 8.20. The van der Waals surface area contributed by atoms with Crippen LogP contribution < -0.4 is 5.32 Å². The highest BCUT2D eigenvalue weighted by atomic mass is 16.5. The summed E-state index contributed by atoms with van der Waals surface area (Å²) < 4.78 is 10.1. The fourth-order valence-electron chi connectivity index (χ4n) is 3.15. The summed E-state index contributed by atoms with van der Waals surface area (Å²) in [5.74, 6) is -0.509. The van der Waals surface area contributed by atoms with Crippen LogP contribution in [0.15, 0.2) is 24.3 Å². The Bertz CT molecular complexity index is 576. The van der Waals surface area contributed by atoms with Crippen LogP contribution in [0.25, 0.3) is 0 Å². The second-order valence-electron chi connectivity index (χ2n) is 6.03. The number of hydrogen-bond acceptors (Lipinski definition) is 4. The molecule has 24 heavy (non-hydrogen) atoms. The molecule has 0 aliphatic carbocycles. The Kier molecular flexibility index (Phi) is 6.75. The van der Waals surface area contributed by atoms with E-state index in [0.29, 0.717) is 26.3 Å². The summed E-state index contributed by atoms with van der Waals surface area (Å²) in [6.45, 7) is 3.84. The minimum atomic E-state index is -0.395. The number of benzene rings is 1. The number of nitrogens with zero attached hydrogens (tertiary/aromatic N) is 1. The van der Waals surface area contributed by atoms with E-state index in [1.807, 2.05) is 31.2 Å². The van der Waals surface area contributed by atoms with Crippen LogP contribution in [-0.4, -0.2) is 57.2 Å². The van der Waals surface area contributed by atoms with Crippen molar-refractivity contribution in [1.29, 1.82) is 0 Å². The van der Waals surface area contributed by atoms with Crippen molar-refractivity contribution in [3.05, 3.63) is 35.4 Å². The van der Waals surface area contributed by atoms with Crippen molar-refractivity contribution in [2.45, 2.75) is 19.4 Å². The number of aryl methyl sites for hydroxylation is 1. The molecular weight excluding hydrogens is 308 g/mol. The number of carbonyl (C=O) groups excluding carboxylic acids is 2. The first-order chi connectivity index (χ1) is 11.6. The van der Waals surface area contributed by atoms with E-state index in [1.165, 1.54) is 0 Å². The minimum Gasteiger partial charge on any atom is -0.383 e. The number of likely N-dealkylation sites (tertiary alicyclic amines) is 1. The average molecular weight is 334 g/mol. The van der Waals surface area contributed by atoms with Crippen molar-refractivity contribution in [2.24, 2.45) is 5.92 Å². The topological polar surface area (TPSA) is 67.9 Å². The zero-order valence-electron chi connectivity index (χ0n) is 14.6. The average Bonchev–Trinajstić information content (AvgIpc) is 2.89. The van der Waals surface area contributed by atoms with Crippen LogP contribution >= 0.6 is 0 Å². The van der Waals surface area contributed by atoms with Crippen LogP contribution in [0.2, 0.25) is 0 Å². The largest absolute Gasteiger partial charge is 0.383 e. The Labute approximate surface area is 143 Å². The van der Waals surface area contributed by atoms with Gasteiger partial charge in [0.2, 0.25) is 11.8 Å². The molecule has 0 aromatic heterocycles. The molecule has 1 N–H and O–H groups in total. The van der Waals surface area contributed by atoms with Gasteiger partial charge in [0, 0.05) is 33.7 Å². The summed E-state index contributed by atoms with van der Waals surface area (Å²) in [6.07, 6.45) is 0.223. The third-order valence-corrected chi connectivity index (χ3v) is 4.29. The highest BCUT2D eigenvalue weighted by Gasteiger charge is 2.44. The Balaban J connectivity index is 2.24. The maximum atomic E-state index is 12.6. The number of rotatable bonds is 8. The molecular formula is C18H26N2O4. The third-order valence-electron chi connectivity index (χ3n) is 4.29. The summed E-state index contributed by atoms with van der Waals surface area (Å²) in [7, 11) is 3.20. The Morgan fingerprint density at radius 2 is 2.04 bits per heavy atom. The zero-order valence-corrected chi connectivity index (χ0v) is 14.6. The van der Waals surface area contributed by atoms with E-state index in [9.17, 15) is 9.59 Å². The summed E-state index contributed by atoms with van der Waals surface area (Å²) >= 11 is 0. The van der Waals surface area contributed by atoms with E-state index >= 15 is 0 Å². The number of methoxy groups -OCH3 is 2. The van der Waals surface area contributed by atoms with Crippen molar-refractivity contribution in [2.75, 3.05) is 40.5 Å². The lowest BCUT2D eigenvalue weighted by Gasteiger charge is -2.28. The van der Waals surface area contributed by atoms with Crippen molar-refractivity contribution >= 4 is 11.8 Å². The molecule has 2 rings (SSSR count). The summed E-state index contributed by atoms with van der Waals surface area (Å²) in [6, 6.07) is 7.73. The molecule has 0 unspecified atom stereocenters. The van der Waals surface area contributed by atoms with Gasteiger partial charge in [0.25, 0.3) is 0 Å². The third kappa shape index (κ3) is 4.33. The van der Waals surface area contributed by atoms with E-state index in [4.69, 9.17) is 9.47 Å². The van der Waals surface area contributed by atoms with Gasteiger partial charge in [-0.25, -0.2) is 0 Å². The zero-order chi connectivity index (χ0) is 17.5. The molecule has 1 aromatic rings. The summed E-state index contributed by atoms with van der Waals surface area (Å²) in [5.41, 5.74) is 2.10. The lowest BCUT2D eigenvalue weighted by Crippen LogP contribution is -2.37. The molecule has 1 aliphatic rings. The van der Waals surface area contributed by atoms with Gasteiger partial charge < -0.3 is 19.7 Å². The normalized spacial score (nSPS) is 20.5. The van der Waals surface area contributed by atoms with E-state index in [-0.39, 0.29) is 24.3 Å². The molecule has 6 nitrogen and oxygen atoms in total. The molecule has 6 heteroatoms. The van der Waals surface area contributed by atoms with Gasteiger partial charge >= 0.3 is 0 Å². The number of hydrogen-bond donors (Lipinski definition) is 1. The molecule has 1 saturated heterocycles.